The van der Waals surface area contributed by atoms with Gasteiger partial charge in [-0.15, -0.1) is 0 Å². The van der Waals surface area contributed by atoms with Crippen molar-refractivity contribution < 1.29 is 4.42 Å². The number of para-hydroxylation sites is 2. The van der Waals surface area contributed by atoms with Gasteiger partial charge in [0.15, 0.2) is 5.82 Å². The van der Waals surface area contributed by atoms with Crippen LogP contribution in [-0.2, 0) is 0 Å². The summed E-state index contributed by atoms with van der Waals surface area (Å²) in [5.74, 6) is 0.833. The van der Waals surface area contributed by atoms with Crippen molar-refractivity contribution in [3.8, 4) is 28.2 Å². The zero-order valence-electron chi connectivity index (χ0n) is 21.2. The van der Waals surface area contributed by atoms with Gasteiger partial charge in [0.1, 0.15) is 16.9 Å². The summed E-state index contributed by atoms with van der Waals surface area (Å²) in [7, 11) is 0. The molecule has 10 rings (SSSR count). The monoisotopic (exact) mass is 509 g/mol. The summed E-state index contributed by atoms with van der Waals surface area (Å²) < 4.78 is 8.72. The SMILES string of the molecule is c1ccc(-c2nc3ccccc3nc2-n2c3cccc4c3c3c5c(ccc6oc7cccc-4c7c65)ccc32)cc1. The molecule has 0 aliphatic heterocycles. The topological polar surface area (TPSA) is 43.9 Å². The Morgan fingerprint density at radius 1 is 0.475 bits per heavy atom. The van der Waals surface area contributed by atoms with Crippen molar-refractivity contribution >= 4 is 65.6 Å². The number of nitrogens with zero attached hydrogens (tertiary/aromatic N) is 3. The van der Waals surface area contributed by atoms with Gasteiger partial charge in [0.2, 0.25) is 0 Å². The number of aromatic nitrogens is 3. The van der Waals surface area contributed by atoms with E-state index in [-0.39, 0.29) is 0 Å². The Morgan fingerprint density at radius 3 is 2.05 bits per heavy atom. The fourth-order valence-electron chi connectivity index (χ4n) is 6.89. The Morgan fingerprint density at radius 2 is 1.18 bits per heavy atom. The standard InChI is InChI=1S/C36H19N3O/c1-2-8-21(9-3-1)35-36(38-25-13-5-4-12-24(25)37-35)39-26-14-6-10-22-23-11-7-15-28-32(23)34-29(40-28)19-17-20-16-18-27(39)33(30(20)34)31(22)26/h1-19H. The minimum absolute atomic E-state index is 0.833. The normalized spacial score (nSPS) is 12.5. The Hall–Kier alpha value is -5.48. The maximum atomic E-state index is 6.40. The predicted molar refractivity (Wildman–Crippen MR) is 163 cm³/mol. The van der Waals surface area contributed by atoms with E-state index in [0.29, 0.717) is 0 Å². The van der Waals surface area contributed by atoms with Crippen LogP contribution in [0.15, 0.2) is 120 Å². The molecule has 0 radical (unpaired) electrons. The molecule has 4 heteroatoms. The Labute approximate surface area is 227 Å². The van der Waals surface area contributed by atoms with Gasteiger partial charge in [-0.2, -0.15) is 0 Å². The number of furan rings is 1. The van der Waals surface area contributed by atoms with E-state index in [4.69, 9.17) is 14.4 Å². The number of benzene rings is 6. The first kappa shape index (κ1) is 20.5. The van der Waals surface area contributed by atoms with E-state index in [9.17, 15) is 0 Å². The van der Waals surface area contributed by atoms with Crippen molar-refractivity contribution in [2.75, 3.05) is 0 Å². The van der Waals surface area contributed by atoms with Crippen LogP contribution in [0, 0.1) is 0 Å². The summed E-state index contributed by atoms with van der Waals surface area (Å²) in [4.78, 5) is 10.5. The fraction of sp³-hybridized carbons (Fsp3) is 0. The minimum atomic E-state index is 0.833. The largest absolute Gasteiger partial charge is 0.456 e. The molecule has 0 fully saturated rings. The first-order chi connectivity index (χ1) is 19.8. The van der Waals surface area contributed by atoms with Gasteiger partial charge in [-0.3, -0.25) is 4.57 Å². The van der Waals surface area contributed by atoms with Gasteiger partial charge in [0.05, 0.1) is 22.1 Å². The van der Waals surface area contributed by atoms with Gasteiger partial charge >= 0.3 is 0 Å². The smallest absolute Gasteiger partial charge is 0.165 e. The lowest BCUT2D eigenvalue weighted by Gasteiger charge is -2.14. The van der Waals surface area contributed by atoms with Crippen LogP contribution < -0.4 is 0 Å². The lowest BCUT2D eigenvalue weighted by Crippen LogP contribution is -2.03. The quantitative estimate of drug-likeness (QED) is 0.233. The molecule has 40 heavy (non-hydrogen) atoms. The van der Waals surface area contributed by atoms with E-state index in [0.717, 1.165) is 50.3 Å². The molecule has 0 N–H and O–H groups in total. The van der Waals surface area contributed by atoms with Crippen LogP contribution in [0.3, 0.4) is 0 Å². The number of hydrogen-bond acceptors (Lipinski definition) is 3. The van der Waals surface area contributed by atoms with Gasteiger partial charge in [0.25, 0.3) is 0 Å². The molecule has 9 aromatic rings. The van der Waals surface area contributed by atoms with Crippen LogP contribution in [-0.4, -0.2) is 14.5 Å². The average molecular weight is 510 g/mol. The van der Waals surface area contributed by atoms with Crippen LogP contribution in [0.1, 0.15) is 0 Å². The van der Waals surface area contributed by atoms with Gasteiger partial charge in [0, 0.05) is 32.5 Å². The van der Waals surface area contributed by atoms with E-state index < -0.39 is 0 Å². The zero-order valence-corrected chi connectivity index (χ0v) is 21.2. The molecule has 3 heterocycles. The molecule has 0 spiro atoms. The molecule has 184 valence electrons. The van der Waals surface area contributed by atoms with E-state index in [1.54, 1.807) is 0 Å². The highest BCUT2D eigenvalue weighted by Gasteiger charge is 2.27. The second kappa shape index (κ2) is 7.13. The highest BCUT2D eigenvalue weighted by atomic mass is 16.3. The highest BCUT2D eigenvalue weighted by Crippen LogP contribution is 2.50. The molecule has 0 saturated heterocycles. The zero-order chi connectivity index (χ0) is 25.9. The lowest BCUT2D eigenvalue weighted by molar-refractivity contribution is 0.669. The van der Waals surface area contributed by atoms with Gasteiger partial charge in [-0.05, 0) is 52.9 Å². The van der Waals surface area contributed by atoms with Gasteiger partial charge in [-0.25, -0.2) is 9.97 Å². The summed E-state index contributed by atoms with van der Waals surface area (Å²) in [6.45, 7) is 0. The van der Waals surface area contributed by atoms with Crippen LogP contribution in [0.2, 0.25) is 0 Å². The van der Waals surface area contributed by atoms with E-state index in [1.165, 1.54) is 43.4 Å². The summed E-state index contributed by atoms with van der Waals surface area (Å²) >= 11 is 0. The summed E-state index contributed by atoms with van der Waals surface area (Å²) in [5, 5.41) is 7.32. The average Bonchev–Trinajstić information content (AvgIpc) is 3.52. The third-order valence-corrected chi connectivity index (χ3v) is 8.50. The number of rotatable bonds is 2. The minimum Gasteiger partial charge on any atom is -0.456 e. The van der Waals surface area contributed by atoms with Crippen LogP contribution in [0.5, 0.6) is 0 Å². The molecule has 3 aromatic heterocycles. The van der Waals surface area contributed by atoms with Crippen molar-refractivity contribution in [1.82, 2.24) is 14.5 Å². The molecule has 0 bridgehead atoms. The maximum Gasteiger partial charge on any atom is 0.165 e. The molecule has 0 amide bonds. The van der Waals surface area contributed by atoms with Crippen LogP contribution in [0.4, 0.5) is 0 Å². The van der Waals surface area contributed by atoms with Crippen LogP contribution >= 0.6 is 0 Å². The van der Waals surface area contributed by atoms with Gasteiger partial charge < -0.3 is 4.42 Å². The molecule has 0 atom stereocenters. The summed E-state index contributed by atoms with van der Waals surface area (Å²) in [6.07, 6.45) is 0. The summed E-state index contributed by atoms with van der Waals surface area (Å²) in [5.41, 5.74) is 10.2. The van der Waals surface area contributed by atoms with E-state index in [2.05, 4.69) is 89.5 Å². The Balaban J connectivity index is 1.48. The summed E-state index contributed by atoms with van der Waals surface area (Å²) in [6, 6.07) is 40.3. The fourth-order valence-corrected chi connectivity index (χ4v) is 6.89. The molecule has 6 aromatic carbocycles. The molecule has 4 nitrogen and oxygen atoms in total. The molecule has 0 unspecified atom stereocenters. The molecular formula is C36H19N3O. The van der Waals surface area contributed by atoms with Crippen molar-refractivity contribution in [2.45, 2.75) is 0 Å². The first-order valence-corrected chi connectivity index (χ1v) is 13.5. The highest BCUT2D eigenvalue weighted by molar-refractivity contribution is 6.37. The number of hydrogen-bond donors (Lipinski definition) is 0. The maximum absolute atomic E-state index is 6.40. The first-order valence-electron chi connectivity index (χ1n) is 13.5. The lowest BCUT2D eigenvalue weighted by atomic mass is 9.98. The second-order valence-electron chi connectivity index (χ2n) is 10.6. The van der Waals surface area contributed by atoms with Crippen molar-refractivity contribution in [2.24, 2.45) is 0 Å². The van der Waals surface area contributed by atoms with Crippen molar-refractivity contribution in [1.29, 1.82) is 0 Å². The van der Waals surface area contributed by atoms with E-state index in [1.807, 2.05) is 30.3 Å². The third kappa shape index (κ3) is 2.42. The third-order valence-electron chi connectivity index (χ3n) is 8.50. The van der Waals surface area contributed by atoms with Crippen molar-refractivity contribution in [3.63, 3.8) is 0 Å². The van der Waals surface area contributed by atoms with E-state index >= 15 is 0 Å². The molecular weight excluding hydrogens is 490 g/mol. The molecule has 1 aliphatic rings. The van der Waals surface area contributed by atoms with Gasteiger partial charge in [-0.1, -0.05) is 78.9 Å². The molecule has 0 saturated carbocycles. The number of fused-ring (bicyclic) bond motifs is 2. The Kier molecular flexibility index (Phi) is 3.65. The van der Waals surface area contributed by atoms with Crippen LogP contribution in [0.25, 0.3) is 93.8 Å². The molecule has 1 aliphatic carbocycles. The predicted octanol–water partition coefficient (Wildman–Crippen LogP) is 9.43. The van der Waals surface area contributed by atoms with Crippen molar-refractivity contribution in [3.05, 3.63) is 115 Å². The Bertz CT molecular complexity index is 2540. The second-order valence-corrected chi connectivity index (χ2v) is 10.6.